The summed E-state index contributed by atoms with van der Waals surface area (Å²) in [4.78, 5) is 13.0. The first-order valence-corrected chi connectivity index (χ1v) is 11.0. The Bertz CT molecular complexity index is 1120. The highest BCUT2D eigenvalue weighted by molar-refractivity contribution is 7.89. The molecule has 0 saturated carbocycles. The first-order chi connectivity index (χ1) is 13.5. The van der Waals surface area contributed by atoms with Crippen molar-refractivity contribution >= 4 is 21.5 Å². The fraction of sp³-hybridized carbons (Fsp3) is 0.250. The molecule has 8 heteroatoms. The number of aryl methyl sites for hydroxylation is 1. The zero-order valence-corrected chi connectivity index (χ0v) is 16.2. The number of hydrogen-bond acceptors (Lipinski definition) is 7. The van der Waals surface area contributed by atoms with E-state index in [4.69, 9.17) is 4.74 Å². The molecule has 0 saturated heterocycles. The van der Waals surface area contributed by atoms with Crippen molar-refractivity contribution in [1.82, 2.24) is 15.0 Å². The van der Waals surface area contributed by atoms with Crippen LogP contribution in [0.3, 0.4) is 0 Å². The predicted octanol–water partition coefficient (Wildman–Crippen LogP) is 3.15. The smallest absolute Gasteiger partial charge is 0.230 e. The Labute approximate surface area is 163 Å². The Morgan fingerprint density at radius 1 is 1.14 bits per heavy atom. The fourth-order valence-electron chi connectivity index (χ4n) is 3.22. The molecular formula is C20H20N4O3S. The van der Waals surface area contributed by atoms with E-state index in [9.17, 15) is 8.42 Å². The first-order valence-electron chi connectivity index (χ1n) is 8.96. The lowest BCUT2D eigenvalue weighted by Crippen LogP contribution is -2.10. The second-order valence-electron chi connectivity index (χ2n) is 6.77. The lowest BCUT2D eigenvalue weighted by atomic mass is 10.0. The number of anilines is 2. The van der Waals surface area contributed by atoms with Crippen molar-refractivity contribution in [3.8, 4) is 17.1 Å². The van der Waals surface area contributed by atoms with Crippen molar-refractivity contribution in [3.63, 3.8) is 0 Å². The Morgan fingerprint density at radius 2 is 2.00 bits per heavy atom. The van der Waals surface area contributed by atoms with Gasteiger partial charge >= 0.3 is 0 Å². The number of fused-ring (bicyclic) bond motifs is 1. The molecule has 0 spiro atoms. The van der Waals surface area contributed by atoms with Gasteiger partial charge in [0.1, 0.15) is 12.1 Å². The number of ether oxygens (including phenoxy) is 1. The second-order valence-corrected chi connectivity index (χ2v) is 8.91. The number of rotatable bonds is 5. The van der Waals surface area contributed by atoms with Gasteiger partial charge in [0.15, 0.2) is 15.7 Å². The summed E-state index contributed by atoms with van der Waals surface area (Å²) in [6, 6.07) is 13.2. The molecule has 1 aliphatic heterocycles. The number of benzene rings is 2. The molecule has 0 bridgehead atoms. The number of nitrogens with one attached hydrogen (secondary N) is 1. The van der Waals surface area contributed by atoms with Crippen molar-refractivity contribution in [2.75, 3.05) is 18.2 Å². The molecule has 144 valence electrons. The lowest BCUT2D eigenvalue weighted by molar-refractivity contribution is 0.289. The molecule has 28 heavy (non-hydrogen) atoms. The molecule has 3 aromatic rings. The van der Waals surface area contributed by atoms with E-state index in [-0.39, 0.29) is 5.75 Å². The summed E-state index contributed by atoms with van der Waals surface area (Å²) in [6.07, 6.45) is 4.65. The number of nitrogens with zero attached hydrogens (tertiary/aromatic N) is 3. The molecule has 0 fully saturated rings. The monoisotopic (exact) mass is 396 g/mol. The lowest BCUT2D eigenvalue weighted by Gasteiger charge is -2.19. The molecule has 2 heterocycles. The quantitative estimate of drug-likeness (QED) is 0.708. The minimum Gasteiger partial charge on any atom is -0.493 e. The van der Waals surface area contributed by atoms with Gasteiger partial charge in [-0.2, -0.15) is 4.98 Å². The molecule has 0 amide bonds. The predicted molar refractivity (Wildman–Crippen MR) is 107 cm³/mol. The Morgan fingerprint density at radius 3 is 2.86 bits per heavy atom. The van der Waals surface area contributed by atoms with E-state index in [2.05, 4.69) is 26.3 Å². The van der Waals surface area contributed by atoms with Crippen LogP contribution in [0.1, 0.15) is 17.5 Å². The summed E-state index contributed by atoms with van der Waals surface area (Å²) >= 11 is 0. The zero-order valence-electron chi connectivity index (χ0n) is 15.4. The Balaban J connectivity index is 1.61. The summed E-state index contributed by atoms with van der Waals surface area (Å²) in [5.41, 5.74) is 3.41. The van der Waals surface area contributed by atoms with Crippen molar-refractivity contribution in [3.05, 3.63) is 59.9 Å². The van der Waals surface area contributed by atoms with E-state index in [1.54, 1.807) is 18.2 Å². The van der Waals surface area contributed by atoms with Crippen LogP contribution in [0.5, 0.6) is 5.75 Å². The van der Waals surface area contributed by atoms with E-state index in [0.29, 0.717) is 29.6 Å². The maximum absolute atomic E-state index is 11.5. The van der Waals surface area contributed by atoms with Crippen molar-refractivity contribution in [1.29, 1.82) is 0 Å². The van der Waals surface area contributed by atoms with Crippen LogP contribution in [0, 0.1) is 0 Å². The van der Waals surface area contributed by atoms with Crippen LogP contribution in [-0.4, -0.2) is 36.2 Å². The summed E-state index contributed by atoms with van der Waals surface area (Å²) in [6.45, 7) is 0.688. The molecule has 4 rings (SSSR count). The molecule has 7 nitrogen and oxygen atoms in total. The third-order valence-electron chi connectivity index (χ3n) is 4.36. The van der Waals surface area contributed by atoms with Crippen LogP contribution in [-0.2, 0) is 22.0 Å². The normalized spacial score (nSPS) is 13.5. The average molecular weight is 396 g/mol. The molecule has 1 aliphatic rings. The molecular weight excluding hydrogens is 376 g/mol. The van der Waals surface area contributed by atoms with Gasteiger partial charge in [0.25, 0.3) is 0 Å². The van der Waals surface area contributed by atoms with Gasteiger partial charge in [-0.15, -0.1) is 0 Å². The molecule has 0 radical (unpaired) electrons. The van der Waals surface area contributed by atoms with Crippen molar-refractivity contribution in [2.24, 2.45) is 0 Å². The van der Waals surface area contributed by atoms with Gasteiger partial charge in [-0.05, 0) is 42.2 Å². The maximum atomic E-state index is 11.5. The standard InChI is InChI=1S/C20H20N4O3S/c1-28(25,26)12-14-5-2-8-16(11-14)23-20-22-13-21-19(24-20)17-9-3-6-15-7-4-10-27-18(15)17/h2-3,5-6,8-9,11,13H,4,7,10,12H2,1H3,(H,21,22,23,24). The first kappa shape index (κ1) is 18.4. The molecule has 1 aromatic heterocycles. The minimum atomic E-state index is -3.10. The molecule has 0 atom stereocenters. The van der Waals surface area contributed by atoms with Gasteiger partial charge in [0.2, 0.25) is 5.95 Å². The third-order valence-corrected chi connectivity index (χ3v) is 5.22. The summed E-state index contributed by atoms with van der Waals surface area (Å²) in [5.74, 6) is 1.73. The average Bonchev–Trinajstić information content (AvgIpc) is 2.67. The van der Waals surface area contributed by atoms with Crippen LogP contribution in [0.2, 0.25) is 0 Å². The largest absolute Gasteiger partial charge is 0.493 e. The molecule has 2 aromatic carbocycles. The number of aromatic nitrogens is 3. The van der Waals surface area contributed by atoms with E-state index >= 15 is 0 Å². The number of sulfone groups is 1. The van der Waals surface area contributed by atoms with E-state index in [0.717, 1.165) is 29.7 Å². The van der Waals surface area contributed by atoms with Crippen LogP contribution in [0.25, 0.3) is 11.4 Å². The minimum absolute atomic E-state index is 0.0154. The van der Waals surface area contributed by atoms with Gasteiger partial charge in [0.05, 0.1) is 17.9 Å². The second kappa shape index (κ2) is 7.55. The summed E-state index contributed by atoms with van der Waals surface area (Å²) < 4.78 is 28.9. The van der Waals surface area contributed by atoms with E-state index in [1.807, 2.05) is 18.2 Å². The van der Waals surface area contributed by atoms with Crippen molar-refractivity contribution in [2.45, 2.75) is 18.6 Å². The van der Waals surface area contributed by atoms with Gasteiger partial charge < -0.3 is 10.1 Å². The Kier molecular flexibility index (Phi) is 4.95. The third kappa shape index (κ3) is 4.28. The van der Waals surface area contributed by atoms with Gasteiger partial charge in [-0.1, -0.05) is 24.3 Å². The van der Waals surface area contributed by atoms with Crippen LogP contribution in [0.15, 0.2) is 48.8 Å². The van der Waals surface area contributed by atoms with Crippen molar-refractivity contribution < 1.29 is 13.2 Å². The maximum Gasteiger partial charge on any atom is 0.230 e. The van der Waals surface area contributed by atoms with Gasteiger partial charge in [0, 0.05) is 11.9 Å². The number of hydrogen-bond donors (Lipinski definition) is 1. The summed E-state index contributed by atoms with van der Waals surface area (Å²) in [7, 11) is -3.10. The highest BCUT2D eigenvalue weighted by Gasteiger charge is 2.17. The topological polar surface area (TPSA) is 94.1 Å². The summed E-state index contributed by atoms with van der Waals surface area (Å²) in [5, 5.41) is 3.12. The molecule has 1 N–H and O–H groups in total. The highest BCUT2D eigenvalue weighted by Crippen LogP contribution is 2.34. The zero-order chi connectivity index (χ0) is 19.6. The van der Waals surface area contributed by atoms with Gasteiger partial charge in [-0.3, -0.25) is 0 Å². The van der Waals surface area contributed by atoms with Crippen LogP contribution < -0.4 is 10.1 Å². The number of para-hydroxylation sites is 1. The molecule has 0 aliphatic carbocycles. The highest BCUT2D eigenvalue weighted by atomic mass is 32.2. The van der Waals surface area contributed by atoms with Crippen LogP contribution in [0.4, 0.5) is 11.6 Å². The van der Waals surface area contributed by atoms with Crippen LogP contribution >= 0.6 is 0 Å². The Hall–Kier alpha value is -3.00. The van der Waals surface area contributed by atoms with E-state index < -0.39 is 9.84 Å². The van der Waals surface area contributed by atoms with E-state index in [1.165, 1.54) is 12.6 Å². The SMILES string of the molecule is CS(=O)(=O)Cc1cccc(Nc2ncnc(-c3cccc4c3OCCC4)n2)c1. The molecule has 0 unspecified atom stereocenters. The van der Waals surface area contributed by atoms with Gasteiger partial charge in [-0.25, -0.2) is 18.4 Å². The fourth-order valence-corrected chi connectivity index (χ4v) is 4.01.